The second-order valence-corrected chi connectivity index (χ2v) is 14.0. The van der Waals surface area contributed by atoms with E-state index in [-0.39, 0.29) is 24.4 Å². The number of hydrogen-bond acceptors (Lipinski definition) is 8. The molecule has 12 nitrogen and oxygen atoms in total. The maximum absolute atomic E-state index is 13.8. The Morgan fingerprint density at radius 3 is 2.41 bits per heavy atom. The van der Waals surface area contributed by atoms with Gasteiger partial charge in [0.2, 0.25) is 11.9 Å². The monoisotopic (exact) mass is 741 g/mol. The minimum Gasteiger partial charge on any atom is -0.324 e. The lowest BCUT2D eigenvalue weighted by Gasteiger charge is -2.35. The average molecular weight is 742 g/mol. The van der Waals surface area contributed by atoms with Crippen LogP contribution in [0.5, 0.6) is 0 Å². The molecule has 0 spiro atoms. The van der Waals surface area contributed by atoms with E-state index in [1.807, 2.05) is 99.6 Å². The number of aryl methyl sites for hydroxylation is 3. The van der Waals surface area contributed by atoms with Crippen LogP contribution in [0.1, 0.15) is 49.4 Å². The van der Waals surface area contributed by atoms with Gasteiger partial charge < -0.3 is 16.0 Å². The van der Waals surface area contributed by atoms with Gasteiger partial charge in [0.05, 0.1) is 35.5 Å². The number of nitrogens with one attached hydrogen (secondary N) is 3. The standard InChI is InChI=1S/C44H39N9O3/c1-26-10-8-9-13-30(26)20-37-42(55)50-36-21-31(16-19-35(36)39(49-37)29-11-6-5-7-12-29)41(54)47-33-17-14-27(2)38(22-33)53-25-32-23-46-43(51-40(32)52(4)44(53)56)48-34-18-15-28(3)45-24-34/h5-19,21-24,37H,20,25H2,1-4H3,(H,47,54)(H,50,55)(H,46,48,51)/t37-/m0/s1. The number of carbonyl (C=O) groups is 3. The first kappa shape index (κ1) is 35.8. The fourth-order valence-corrected chi connectivity index (χ4v) is 6.92. The number of urea groups is 1. The van der Waals surface area contributed by atoms with E-state index in [4.69, 9.17) is 4.99 Å². The Hall–Kier alpha value is -7.21. The van der Waals surface area contributed by atoms with Gasteiger partial charge in [-0.25, -0.2) is 9.78 Å². The van der Waals surface area contributed by atoms with Crippen molar-refractivity contribution in [2.75, 3.05) is 32.8 Å². The average Bonchev–Trinajstić information content (AvgIpc) is 3.34. The number of benzene rings is 4. The first-order valence-electron chi connectivity index (χ1n) is 18.3. The van der Waals surface area contributed by atoms with Crippen LogP contribution in [-0.4, -0.2) is 51.6 Å². The summed E-state index contributed by atoms with van der Waals surface area (Å²) in [6.07, 6.45) is 3.84. The summed E-state index contributed by atoms with van der Waals surface area (Å²) in [7, 11) is 1.68. The Morgan fingerprint density at radius 1 is 0.839 bits per heavy atom. The largest absolute Gasteiger partial charge is 0.330 e. The maximum Gasteiger partial charge on any atom is 0.330 e. The molecule has 3 N–H and O–H groups in total. The highest BCUT2D eigenvalue weighted by Gasteiger charge is 2.32. The molecular formula is C44H39N9O3. The van der Waals surface area contributed by atoms with Gasteiger partial charge in [-0.3, -0.25) is 29.4 Å². The molecule has 0 unspecified atom stereocenters. The van der Waals surface area contributed by atoms with E-state index in [0.29, 0.717) is 46.5 Å². The van der Waals surface area contributed by atoms with Crippen LogP contribution in [-0.2, 0) is 17.8 Å². The summed E-state index contributed by atoms with van der Waals surface area (Å²) in [5, 5.41) is 9.21. The van der Waals surface area contributed by atoms with E-state index in [2.05, 4.69) is 30.9 Å². The predicted molar refractivity (Wildman–Crippen MR) is 219 cm³/mol. The summed E-state index contributed by atoms with van der Waals surface area (Å²) in [5.74, 6) is 0.232. The number of amides is 4. The highest BCUT2D eigenvalue weighted by Crippen LogP contribution is 2.34. The number of carbonyl (C=O) groups excluding carboxylic acids is 3. The third-order valence-electron chi connectivity index (χ3n) is 10.0. The van der Waals surface area contributed by atoms with Crippen molar-refractivity contribution < 1.29 is 14.4 Å². The van der Waals surface area contributed by atoms with Crippen molar-refractivity contribution in [3.05, 3.63) is 160 Å². The zero-order chi connectivity index (χ0) is 38.9. The van der Waals surface area contributed by atoms with Crippen molar-refractivity contribution in [1.29, 1.82) is 0 Å². The van der Waals surface area contributed by atoms with Gasteiger partial charge in [0, 0.05) is 53.3 Å². The fourth-order valence-electron chi connectivity index (χ4n) is 6.92. The molecule has 0 aliphatic carbocycles. The molecule has 8 rings (SSSR count). The van der Waals surface area contributed by atoms with Gasteiger partial charge in [-0.15, -0.1) is 0 Å². The molecule has 0 saturated carbocycles. The third-order valence-corrected chi connectivity index (χ3v) is 10.0. The quantitative estimate of drug-likeness (QED) is 0.145. The van der Waals surface area contributed by atoms with Crippen LogP contribution < -0.4 is 25.8 Å². The summed E-state index contributed by atoms with van der Waals surface area (Å²) in [5.41, 5.74) is 9.62. The fraction of sp³-hybridized carbons (Fsp3) is 0.159. The van der Waals surface area contributed by atoms with Crippen molar-refractivity contribution in [1.82, 2.24) is 15.0 Å². The van der Waals surface area contributed by atoms with Gasteiger partial charge in [0.25, 0.3) is 5.91 Å². The molecule has 6 aromatic rings. The molecule has 2 aliphatic rings. The summed E-state index contributed by atoms with van der Waals surface area (Å²) < 4.78 is 0. The van der Waals surface area contributed by atoms with Crippen LogP contribution in [0.15, 0.2) is 121 Å². The SMILES string of the molecule is Cc1ccc(Nc2ncc3c(n2)N(C)C(=O)N(c2cc(NC(=O)c4ccc5c(c4)NC(=O)[C@H](Cc4ccccc4C)N=C5c4ccccc4)ccc2C)C3)cn1. The topological polar surface area (TPSA) is 145 Å². The molecular weight excluding hydrogens is 703 g/mol. The van der Waals surface area contributed by atoms with E-state index in [0.717, 1.165) is 44.8 Å². The Balaban J connectivity index is 1.03. The van der Waals surface area contributed by atoms with E-state index in [1.54, 1.807) is 48.6 Å². The highest BCUT2D eigenvalue weighted by molar-refractivity contribution is 6.20. The number of aromatic nitrogens is 3. The van der Waals surface area contributed by atoms with Gasteiger partial charge in [0.15, 0.2) is 0 Å². The van der Waals surface area contributed by atoms with Crippen LogP contribution in [0.25, 0.3) is 0 Å². The maximum atomic E-state index is 13.8. The van der Waals surface area contributed by atoms with Crippen LogP contribution >= 0.6 is 0 Å². The van der Waals surface area contributed by atoms with E-state index in [1.165, 1.54) is 4.90 Å². The molecule has 4 amide bonds. The Kier molecular flexibility index (Phi) is 9.53. The summed E-state index contributed by atoms with van der Waals surface area (Å²) in [4.78, 5) is 62.9. The van der Waals surface area contributed by atoms with Gasteiger partial charge >= 0.3 is 6.03 Å². The number of hydrogen-bond donors (Lipinski definition) is 3. The van der Waals surface area contributed by atoms with Crippen molar-refractivity contribution in [3.8, 4) is 0 Å². The number of anilines is 6. The second-order valence-electron chi connectivity index (χ2n) is 14.0. The molecule has 0 saturated heterocycles. The molecule has 0 bridgehead atoms. The Morgan fingerprint density at radius 2 is 1.62 bits per heavy atom. The van der Waals surface area contributed by atoms with Gasteiger partial charge in [-0.2, -0.15) is 4.98 Å². The lowest BCUT2D eigenvalue weighted by atomic mass is 9.98. The van der Waals surface area contributed by atoms with Crippen LogP contribution in [0, 0.1) is 20.8 Å². The molecule has 12 heteroatoms. The predicted octanol–water partition coefficient (Wildman–Crippen LogP) is 7.77. The molecule has 56 heavy (non-hydrogen) atoms. The van der Waals surface area contributed by atoms with Gasteiger partial charge in [-0.05, 0) is 79.9 Å². The zero-order valence-corrected chi connectivity index (χ0v) is 31.4. The number of pyridine rings is 1. The Labute approximate surface area is 324 Å². The van der Waals surface area contributed by atoms with Crippen LogP contribution in [0.4, 0.5) is 39.3 Å². The van der Waals surface area contributed by atoms with Crippen molar-refractivity contribution in [3.63, 3.8) is 0 Å². The van der Waals surface area contributed by atoms with E-state index in [9.17, 15) is 14.4 Å². The Bertz CT molecular complexity index is 2540. The molecule has 0 radical (unpaired) electrons. The second kappa shape index (κ2) is 14.9. The van der Waals surface area contributed by atoms with Crippen molar-refractivity contribution in [2.24, 2.45) is 4.99 Å². The number of aliphatic imine (C=N–C) groups is 1. The van der Waals surface area contributed by atoms with Crippen LogP contribution in [0.3, 0.4) is 0 Å². The lowest BCUT2D eigenvalue weighted by molar-refractivity contribution is -0.117. The molecule has 1 atom stereocenters. The number of fused-ring (bicyclic) bond motifs is 2. The number of benzodiazepines with no additional fused rings is 1. The lowest BCUT2D eigenvalue weighted by Crippen LogP contribution is -2.46. The molecule has 2 aromatic heterocycles. The van der Waals surface area contributed by atoms with Crippen molar-refractivity contribution in [2.45, 2.75) is 39.8 Å². The molecule has 0 fully saturated rings. The third kappa shape index (κ3) is 7.19. The minimum atomic E-state index is -0.674. The summed E-state index contributed by atoms with van der Waals surface area (Å²) in [6, 6.07) is 31.2. The first-order valence-corrected chi connectivity index (χ1v) is 18.3. The first-order chi connectivity index (χ1) is 27.1. The van der Waals surface area contributed by atoms with Crippen molar-refractivity contribution >= 4 is 58.1 Å². The smallest absolute Gasteiger partial charge is 0.324 e. The zero-order valence-electron chi connectivity index (χ0n) is 31.4. The summed E-state index contributed by atoms with van der Waals surface area (Å²) in [6.45, 7) is 6.09. The molecule has 4 aromatic carbocycles. The minimum absolute atomic E-state index is 0.240. The molecule has 278 valence electrons. The normalized spacial score (nSPS) is 14.9. The van der Waals surface area contributed by atoms with E-state index >= 15 is 0 Å². The number of rotatable bonds is 8. The highest BCUT2D eigenvalue weighted by atomic mass is 16.2. The summed E-state index contributed by atoms with van der Waals surface area (Å²) >= 11 is 0. The van der Waals surface area contributed by atoms with E-state index < -0.39 is 6.04 Å². The number of nitrogens with zero attached hydrogens (tertiary/aromatic N) is 6. The van der Waals surface area contributed by atoms with Gasteiger partial charge in [0.1, 0.15) is 11.9 Å². The molecule has 2 aliphatic heterocycles. The van der Waals surface area contributed by atoms with Crippen LogP contribution in [0.2, 0.25) is 0 Å². The molecule has 4 heterocycles. The van der Waals surface area contributed by atoms with Gasteiger partial charge in [-0.1, -0.05) is 60.7 Å².